The van der Waals surface area contributed by atoms with E-state index >= 15 is 0 Å². The highest BCUT2D eigenvalue weighted by Gasteiger charge is 2.36. The zero-order valence-corrected chi connectivity index (χ0v) is 16.8. The van der Waals surface area contributed by atoms with Gasteiger partial charge in [0.2, 0.25) is 11.8 Å². The molecule has 0 saturated carbocycles. The van der Waals surface area contributed by atoms with Crippen molar-refractivity contribution in [2.75, 3.05) is 37.0 Å². The van der Waals surface area contributed by atoms with Crippen molar-refractivity contribution < 1.29 is 14.3 Å². The van der Waals surface area contributed by atoms with E-state index in [4.69, 9.17) is 4.74 Å². The Bertz CT molecular complexity index is 892. The molecule has 1 atom stereocenters. The molecule has 1 unspecified atom stereocenters. The van der Waals surface area contributed by atoms with E-state index in [-0.39, 0.29) is 24.2 Å². The van der Waals surface area contributed by atoms with Gasteiger partial charge < -0.3 is 15.0 Å². The molecule has 29 heavy (non-hydrogen) atoms. The van der Waals surface area contributed by atoms with E-state index in [1.807, 2.05) is 42.5 Å². The topological polar surface area (TPSA) is 61.9 Å². The normalized spacial score (nSPS) is 19.6. The summed E-state index contributed by atoms with van der Waals surface area (Å²) in [6.45, 7) is 3.55. The predicted molar refractivity (Wildman–Crippen MR) is 113 cm³/mol. The van der Waals surface area contributed by atoms with Crippen LogP contribution in [-0.2, 0) is 16.1 Å². The van der Waals surface area contributed by atoms with Crippen LogP contribution in [0, 0.1) is 5.92 Å². The standard InChI is InChI=1S/C23H27N3O3/c1-29-21-10-3-2-9-20(21)26-16-18(14-22(26)27)23(28)24-19-8-6-7-17(13-19)15-25-11-4-5-12-25/h2-3,6-10,13,18H,4-5,11-12,14-16H2,1H3,(H,24,28). The molecule has 6 heteroatoms. The second-order valence-electron chi connectivity index (χ2n) is 7.75. The lowest BCUT2D eigenvalue weighted by molar-refractivity contribution is -0.122. The summed E-state index contributed by atoms with van der Waals surface area (Å²) < 4.78 is 5.37. The van der Waals surface area contributed by atoms with Crippen LogP contribution >= 0.6 is 0 Å². The van der Waals surface area contributed by atoms with E-state index in [1.165, 1.54) is 18.4 Å². The summed E-state index contributed by atoms with van der Waals surface area (Å²) in [6, 6.07) is 15.4. The summed E-state index contributed by atoms with van der Waals surface area (Å²) in [4.78, 5) is 29.4. The van der Waals surface area contributed by atoms with Gasteiger partial charge in [-0.2, -0.15) is 0 Å². The number of rotatable bonds is 6. The highest BCUT2D eigenvalue weighted by Crippen LogP contribution is 2.33. The Morgan fingerprint density at radius 3 is 2.72 bits per heavy atom. The zero-order valence-electron chi connectivity index (χ0n) is 16.8. The number of methoxy groups -OCH3 is 1. The van der Waals surface area contributed by atoms with Crippen molar-refractivity contribution in [3.8, 4) is 5.75 Å². The minimum Gasteiger partial charge on any atom is -0.495 e. The summed E-state index contributed by atoms with van der Waals surface area (Å²) in [5.41, 5.74) is 2.70. The molecule has 2 aliphatic heterocycles. The lowest BCUT2D eigenvalue weighted by Crippen LogP contribution is -2.28. The van der Waals surface area contributed by atoms with Crippen LogP contribution in [0.5, 0.6) is 5.75 Å². The maximum Gasteiger partial charge on any atom is 0.229 e. The van der Waals surface area contributed by atoms with Crippen molar-refractivity contribution in [3.63, 3.8) is 0 Å². The van der Waals surface area contributed by atoms with E-state index in [2.05, 4.69) is 16.3 Å². The second kappa shape index (κ2) is 8.66. The number of likely N-dealkylation sites (tertiary alicyclic amines) is 1. The molecule has 0 spiro atoms. The Morgan fingerprint density at radius 2 is 1.93 bits per heavy atom. The van der Waals surface area contributed by atoms with Crippen LogP contribution in [0.4, 0.5) is 11.4 Å². The highest BCUT2D eigenvalue weighted by atomic mass is 16.5. The summed E-state index contributed by atoms with van der Waals surface area (Å²) in [6.07, 6.45) is 2.72. The van der Waals surface area contributed by atoms with Crippen LogP contribution in [0.3, 0.4) is 0 Å². The molecule has 4 rings (SSSR count). The van der Waals surface area contributed by atoms with Crippen LogP contribution in [0.1, 0.15) is 24.8 Å². The third-order valence-corrected chi connectivity index (χ3v) is 5.67. The first-order chi connectivity index (χ1) is 14.1. The van der Waals surface area contributed by atoms with Gasteiger partial charge in [-0.1, -0.05) is 24.3 Å². The molecule has 2 aromatic rings. The fourth-order valence-corrected chi connectivity index (χ4v) is 4.16. The van der Waals surface area contributed by atoms with Crippen molar-refractivity contribution in [1.82, 2.24) is 4.90 Å². The number of nitrogens with zero attached hydrogens (tertiary/aromatic N) is 2. The maximum absolute atomic E-state index is 12.8. The number of hydrogen-bond acceptors (Lipinski definition) is 4. The Balaban J connectivity index is 1.41. The molecule has 0 aliphatic carbocycles. The van der Waals surface area contributed by atoms with E-state index < -0.39 is 0 Å². The number of nitrogens with one attached hydrogen (secondary N) is 1. The summed E-state index contributed by atoms with van der Waals surface area (Å²) in [5.74, 6) is 0.0812. The Kier molecular flexibility index (Phi) is 5.81. The smallest absolute Gasteiger partial charge is 0.229 e. The van der Waals surface area contributed by atoms with Crippen LogP contribution in [0.15, 0.2) is 48.5 Å². The van der Waals surface area contributed by atoms with E-state index in [9.17, 15) is 9.59 Å². The monoisotopic (exact) mass is 393 g/mol. The molecular weight excluding hydrogens is 366 g/mol. The van der Waals surface area contributed by atoms with Crippen LogP contribution in [0.25, 0.3) is 0 Å². The Morgan fingerprint density at radius 1 is 1.14 bits per heavy atom. The molecule has 2 heterocycles. The van der Waals surface area contributed by atoms with Gasteiger partial charge in [0.15, 0.2) is 0 Å². The zero-order chi connectivity index (χ0) is 20.2. The SMILES string of the molecule is COc1ccccc1N1CC(C(=O)Nc2cccc(CN3CCCC3)c2)CC1=O. The second-order valence-corrected chi connectivity index (χ2v) is 7.75. The molecule has 6 nitrogen and oxygen atoms in total. The van der Waals surface area contributed by atoms with Crippen molar-refractivity contribution in [2.24, 2.45) is 5.92 Å². The summed E-state index contributed by atoms with van der Waals surface area (Å²) in [5, 5.41) is 3.00. The molecule has 2 fully saturated rings. The third-order valence-electron chi connectivity index (χ3n) is 5.67. The molecule has 0 bridgehead atoms. The van der Waals surface area contributed by atoms with Crippen LogP contribution in [-0.4, -0.2) is 43.5 Å². The van der Waals surface area contributed by atoms with Gasteiger partial charge in [0, 0.05) is 25.2 Å². The molecule has 2 aromatic carbocycles. The van der Waals surface area contributed by atoms with Crippen molar-refractivity contribution in [2.45, 2.75) is 25.8 Å². The number of carbonyl (C=O) groups excluding carboxylic acids is 2. The molecule has 0 radical (unpaired) electrons. The van der Waals surface area contributed by atoms with E-state index in [0.29, 0.717) is 18.0 Å². The first-order valence-electron chi connectivity index (χ1n) is 10.2. The lowest BCUT2D eigenvalue weighted by Gasteiger charge is -2.19. The largest absolute Gasteiger partial charge is 0.495 e. The Labute approximate surface area is 171 Å². The van der Waals surface area contributed by atoms with Gasteiger partial charge in [0.1, 0.15) is 5.75 Å². The predicted octanol–water partition coefficient (Wildman–Crippen LogP) is 3.28. The minimum atomic E-state index is -0.380. The fourth-order valence-electron chi connectivity index (χ4n) is 4.16. The molecule has 1 N–H and O–H groups in total. The van der Waals surface area contributed by atoms with Gasteiger partial charge in [0.05, 0.1) is 18.7 Å². The van der Waals surface area contributed by atoms with Gasteiger partial charge in [0.25, 0.3) is 0 Å². The van der Waals surface area contributed by atoms with Crippen LogP contribution in [0.2, 0.25) is 0 Å². The number of amides is 2. The molecular formula is C23H27N3O3. The molecule has 152 valence electrons. The number of carbonyl (C=O) groups is 2. The molecule has 0 aromatic heterocycles. The number of anilines is 2. The van der Waals surface area contributed by atoms with Crippen molar-refractivity contribution >= 4 is 23.2 Å². The maximum atomic E-state index is 12.8. The summed E-state index contributed by atoms with van der Waals surface area (Å²) >= 11 is 0. The van der Waals surface area contributed by atoms with Gasteiger partial charge in [-0.15, -0.1) is 0 Å². The van der Waals surface area contributed by atoms with E-state index in [0.717, 1.165) is 25.3 Å². The molecule has 2 saturated heterocycles. The van der Waals surface area contributed by atoms with Gasteiger partial charge in [-0.05, 0) is 55.8 Å². The number of benzene rings is 2. The Hall–Kier alpha value is -2.86. The lowest BCUT2D eigenvalue weighted by atomic mass is 10.1. The number of ether oxygens (including phenoxy) is 1. The highest BCUT2D eigenvalue weighted by molar-refractivity contribution is 6.04. The fraction of sp³-hybridized carbons (Fsp3) is 0.391. The van der Waals surface area contributed by atoms with Crippen molar-refractivity contribution in [1.29, 1.82) is 0 Å². The molecule has 2 aliphatic rings. The average molecular weight is 393 g/mol. The van der Waals surface area contributed by atoms with Crippen molar-refractivity contribution in [3.05, 3.63) is 54.1 Å². The van der Waals surface area contributed by atoms with Gasteiger partial charge >= 0.3 is 0 Å². The van der Waals surface area contributed by atoms with Gasteiger partial charge in [-0.25, -0.2) is 0 Å². The number of hydrogen-bond donors (Lipinski definition) is 1. The summed E-state index contributed by atoms with van der Waals surface area (Å²) in [7, 11) is 1.58. The van der Waals surface area contributed by atoms with Crippen LogP contribution < -0.4 is 15.0 Å². The van der Waals surface area contributed by atoms with Gasteiger partial charge in [-0.3, -0.25) is 14.5 Å². The first-order valence-corrected chi connectivity index (χ1v) is 10.2. The first kappa shape index (κ1) is 19.5. The number of para-hydroxylation sites is 2. The third kappa shape index (κ3) is 4.43. The average Bonchev–Trinajstić information content (AvgIpc) is 3.38. The van der Waals surface area contributed by atoms with E-state index in [1.54, 1.807) is 12.0 Å². The molecule has 2 amide bonds. The minimum absolute atomic E-state index is 0.0579. The quantitative estimate of drug-likeness (QED) is 0.818.